The third-order valence-electron chi connectivity index (χ3n) is 5.48. The number of nitrogens with zero attached hydrogens (tertiary/aromatic N) is 4. The molecule has 4 rings (SSSR count). The number of ether oxygens (including phenoxy) is 3. The van der Waals surface area contributed by atoms with E-state index >= 15 is 0 Å². The van der Waals surface area contributed by atoms with E-state index in [2.05, 4.69) is 25.3 Å². The molecule has 3 heterocycles. The van der Waals surface area contributed by atoms with E-state index in [4.69, 9.17) is 19.9 Å². The molecule has 1 amide bonds. The molecule has 0 unspecified atom stereocenters. The highest BCUT2D eigenvalue weighted by Crippen LogP contribution is 2.22. The van der Waals surface area contributed by atoms with Gasteiger partial charge in [0.2, 0.25) is 11.8 Å². The molecule has 176 valence electrons. The Hall–Kier alpha value is -3.21. The van der Waals surface area contributed by atoms with Crippen molar-refractivity contribution in [1.82, 2.24) is 9.88 Å². The summed E-state index contributed by atoms with van der Waals surface area (Å²) in [7, 11) is 0. The van der Waals surface area contributed by atoms with Crippen LogP contribution in [0.4, 0.5) is 11.4 Å². The molecule has 0 spiro atoms. The summed E-state index contributed by atoms with van der Waals surface area (Å²) >= 11 is 0. The number of hydrazone groups is 1. The van der Waals surface area contributed by atoms with Crippen molar-refractivity contribution in [2.75, 3.05) is 76.1 Å². The Bertz CT molecular complexity index is 958. The molecule has 1 aromatic carbocycles. The van der Waals surface area contributed by atoms with E-state index in [0.717, 1.165) is 51.6 Å². The Labute approximate surface area is 193 Å². The molecule has 3 N–H and O–H groups in total. The molecule has 2 aromatic rings. The van der Waals surface area contributed by atoms with Crippen molar-refractivity contribution in [3.63, 3.8) is 0 Å². The Kier molecular flexibility index (Phi) is 8.07. The first-order valence-electron chi connectivity index (χ1n) is 11.1. The summed E-state index contributed by atoms with van der Waals surface area (Å²) in [5.74, 6) is 0.0748. The van der Waals surface area contributed by atoms with E-state index in [1.807, 2.05) is 18.2 Å². The smallest absolute Gasteiger partial charge is 0.248 e. The van der Waals surface area contributed by atoms with Crippen LogP contribution in [0, 0.1) is 0 Å². The average molecular weight is 455 g/mol. The van der Waals surface area contributed by atoms with Gasteiger partial charge in [-0.2, -0.15) is 5.10 Å². The first kappa shape index (κ1) is 23.0. The maximum atomic E-state index is 11.4. The molecule has 33 heavy (non-hydrogen) atoms. The van der Waals surface area contributed by atoms with Crippen LogP contribution in [-0.2, 0) is 9.47 Å². The summed E-state index contributed by atoms with van der Waals surface area (Å²) in [6.07, 6.45) is 1.63. The summed E-state index contributed by atoms with van der Waals surface area (Å²) < 4.78 is 16.9. The number of pyridine rings is 1. The number of hydrogen-bond acceptors (Lipinski definition) is 9. The summed E-state index contributed by atoms with van der Waals surface area (Å²) in [5, 5.41) is 4.28. The quantitative estimate of drug-likeness (QED) is 0.429. The highest BCUT2D eigenvalue weighted by molar-refractivity contribution is 5.93. The van der Waals surface area contributed by atoms with Crippen LogP contribution in [0.3, 0.4) is 0 Å². The highest BCUT2D eigenvalue weighted by Gasteiger charge is 2.15. The van der Waals surface area contributed by atoms with Gasteiger partial charge in [0, 0.05) is 50.0 Å². The average Bonchev–Trinajstić information content (AvgIpc) is 2.85. The van der Waals surface area contributed by atoms with Crippen molar-refractivity contribution in [3.8, 4) is 5.88 Å². The van der Waals surface area contributed by atoms with Crippen molar-refractivity contribution in [1.29, 1.82) is 0 Å². The number of anilines is 2. The van der Waals surface area contributed by atoms with E-state index in [0.29, 0.717) is 42.6 Å². The molecule has 0 atom stereocenters. The van der Waals surface area contributed by atoms with E-state index in [1.165, 1.54) is 0 Å². The van der Waals surface area contributed by atoms with Gasteiger partial charge in [0.15, 0.2) is 0 Å². The SMILES string of the molecule is NC(=O)c1cccc(N/N=C\c2cc(N3CCOCC3)cc(OCCN3CCOCC3)n2)c1. The van der Waals surface area contributed by atoms with Crippen molar-refractivity contribution >= 4 is 23.5 Å². The van der Waals surface area contributed by atoms with Crippen LogP contribution in [0.15, 0.2) is 41.5 Å². The number of benzene rings is 1. The van der Waals surface area contributed by atoms with Gasteiger partial charge < -0.3 is 24.8 Å². The van der Waals surface area contributed by atoms with Gasteiger partial charge in [-0.3, -0.25) is 15.1 Å². The number of aromatic nitrogens is 1. The van der Waals surface area contributed by atoms with Crippen LogP contribution in [0.5, 0.6) is 5.88 Å². The normalized spacial score (nSPS) is 17.3. The number of nitrogens with one attached hydrogen (secondary N) is 1. The van der Waals surface area contributed by atoms with Gasteiger partial charge >= 0.3 is 0 Å². The molecule has 2 aliphatic heterocycles. The molecule has 0 bridgehead atoms. The second kappa shape index (κ2) is 11.6. The summed E-state index contributed by atoms with van der Waals surface area (Å²) in [4.78, 5) is 20.5. The van der Waals surface area contributed by atoms with Gasteiger partial charge in [-0.15, -0.1) is 0 Å². The maximum Gasteiger partial charge on any atom is 0.248 e. The predicted molar refractivity (Wildman–Crippen MR) is 126 cm³/mol. The lowest BCUT2D eigenvalue weighted by Gasteiger charge is -2.29. The van der Waals surface area contributed by atoms with E-state index in [9.17, 15) is 4.79 Å². The lowest BCUT2D eigenvalue weighted by molar-refractivity contribution is 0.0320. The van der Waals surface area contributed by atoms with Crippen molar-refractivity contribution in [2.24, 2.45) is 10.8 Å². The van der Waals surface area contributed by atoms with Crippen LogP contribution < -0.4 is 20.8 Å². The maximum absolute atomic E-state index is 11.4. The number of nitrogens with two attached hydrogens (primary N) is 1. The molecule has 0 radical (unpaired) electrons. The molecule has 1 aromatic heterocycles. The summed E-state index contributed by atoms with van der Waals surface area (Å²) in [6.45, 7) is 7.76. The fourth-order valence-corrected chi connectivity index (χ4v) is 3.67. The number of morpholine rings is 2. The van der Waals surface area contributed by atoms with Gasteiger partial charge in [0.1, 0.15) is 6.61 Å². The molecule has 10 nitrogen and oxygen atoms in total. The fraction of sp³-hybridized carbons (Fsp3) is 0.435. The topological polar surface area (TPSA) is 115 Å². The van der Waals surface area contributed by atoms with E-state index in [-0.39, 0.29) is 0 Å². The molecule has 0 aliphatic carbocycles. The fourth-order valence-electron chi connectivity index (χ4n) is 3.67. The largest absolute Gasteiger partial charge is 0.476 e. The number of amides is 1. The second-order valence-corrected chi connectivity index (χ2v) is 7.81. The Morgan fingerprint density at radius 2 is 1.88 bits per heavy atom. The first-order chi connectivity index (χ1) is 16.2. The Morgan fingerprint density at radius 1 is 1.12 bits per heavy atom. The minimum atomic E-state index is -0.485. The van der Waals surface area contributed by atoms with Crippen molar-refractivity contribution in [3.05, 3.63) is 47.7 Å². The molecule has 10 heteroatoms. The van der Waals surface area contributed by atoms with Gasteiger partial charge in [0.05, 0.1) is 44.0 Å². The molecule has 2 fully saturated rings. The van der Waals surface area contributed by atoms with Crippen LogP contribution in [0.25, 0.3) is 0 Å². The number of rotatable bonds is 9. The van der Waals surface area contributed by atoms with Crippen LogP contribution in [0.2, 0.25) is 0 Å². The highest BCUT2D eigenvalue weighted by atomic mass is 16.5. The van der Waals surface area contributed by atoms with Gasteiger partial charge in [-0.1, -0.05) is 6.07 Å². The molecule has 2 aliphatic rings. The van der Waals surface area contributed by atoms with E-state index < -0.39 is 5.91 Å². The zero-order chi connectivity index (χ0) is 22.9. The number of carbonyl (C=O) groups excluding carboxylic acids is 1. The molecular formula is C23H30N6O4. The van der Waals surface area contributed by atoms with Crippen LogP contribution in [-0.4, -0.2) is 87.8 Å². The number of carbonyl (C=O) groups is 1. The third kappa shape index (κ3) is 6.88. The Balaban J connectivity index is 1.44. The first-order valence-corrected chi connectivity index (χ1v) is 11.1. The standard InChI is InChI=1S/C23H30N6O4/c24-23(30)18-2-1-3-19(14-18)27-25-17-20-15-21(29-7-11-32-12-8-29)16-22(26-20)33-13-6-28-4-9-31-10-5-28/h1-3,14-17,27H,4-13H2,(H2,24,30)/b25-17-. The molecular weight excluding hydrogens is 424 g/mol. The minimum Gasteiger partial charge on any atom is -0.476 e. The van der Waals surface area contributed by atoms with Gasteiger partial charge in [0.25, 0.3) is 0 Å². The lowest BCUT2D eigenvalue weighted by atomic mass is 10.2. The van der Waals surface area contributed by atoms with E-state index in [1.54, 1.807) is 24.4 Å². The van der Waals surface area contributed by atoms with Crippen molar-refractivity contribution in [2.45, 2.75) is 0 Å². The van der Waals surface area contributed by atoms with Crippen LogP contribution >= 0.6 is 0 Å². The third-order valence-corrected chi connectivity index (χ3v) is 5.48. The second-order valence-electron chi connectivity index (χ2n) is 7.81. The summed E-state index contributed by atoms with van der Waals surface area (Å²) in [6, 6.07) is 10.8. The predicted octanol–water partition coefficient (Wildman–Crippen LogP) is 1.17. The molecule has 2 saturated heterocycles. The van der Waals surface area contributed by atoms with Gasteiger partial charge in [-0.25, -0.2) is 4.98 Å². The van der Waals surface area contributed by atoms with Crippen molar-refractivity contribution < 1.29 is 19.0 Å². The monoisotopic (exact) mass is 454 g/mol. The Morgan fingerprint density at radius 3 is 2.64 bits per heavy atom. The van der Waals surface area contributed by atoms with Crippen LogP contribution in [0.1, 0.15) is 16.1 Å². The summed E-state index contributed by atoms with van der Waals surface area (Å²) in [5.41, 5.74) is 11.0. The van der Waals surface area contributed by atoms with Gasteiger partial charge in [-0.05, 0) is 24.3 Å². The molecule has 0 saturated carbocycles. The lowest BCUT2D eigenvalue weighted by Crippen LogP contribution is -2.38. The minimum absolute atomic E-state index is 0.415. The zero-order valence-electron chi connectivity index (χ0n) is 18.6. The number of primary amides is 1. The number of hydrogen-bond donors (Lipinski definition) is 2. The zero-order valence-corrected chi connectivity index (χ0v) is 18.6.